The van der Waals surface area contributed by atoms with Gasteiger partial charge in [0.2, 0.25) is 10.0 Å². The van der Waals surface area contributed by atoms with Gasteiger partial charge in [-0.25, -0.2) is 26.1 Å². The second-order valence-corrected chi connectivity index (χ2v) is 11.2. The number of hydrogen-bond acceptors (Lipinski definition) is 5. The fraction of sp³-hybridized carbons (Fsp3) is 0.611. The third kappa shape index (κ3) is 6.46. The minimum atomic E-state index is -3.23. The molecule has 1 atom stereocenters. The third-order valence-corrected chi connectivity index (χ3v) is 7.21. The first-order valence-electron chi connectivity index (χ1n) is 9.27. The first kappa shape index (κ1) is 22.6. The van der Waals surface area contributed by atoms with Crippen molar-refractivity contribution in [3.63, 3.8) is 0 Å². The van der Waals surface area contributed by atoms with Gasteiger partial charge in [-0.05, 0) is 43.4 Å². The zero-order valence-electron chi connectivity index (χ0n) is 16.9. The van der Waals surface area contributed by atoms with Crippen molar-refractivity contribution in [2.45, 2.75) is 31.7 Å². The van der Waals surface area contributed by atoms with Gasteiger partial charge in [-0.1, -0.05) is 12.1 Å². The van der Waals surface area contributed by atoms with E-state index in [1.807, 2.05) is 13.0 Å². The summed E-state index contributed by atoms with van der Waals surface area (Å²) < 4.78 is 48.2. The maximum absolute atomic E-state index is 11.7. The Morgan fingerprint density at radius 3 is 2.46 bits per heavy atom. The second kappa shape index (κ2) is 9.23. The van der Waals surface area contributed by atoms with Gasteiger partial charge in [0.05, 0.1) is 17.7 Å². The molecule has 10 heteroatoms. The van der Waals surface area contributed by atoms with Crippen molar-refractivity contribution in [1.82, 2.24) is 14.9 Å². The average molecular weight is 431 g/mol. The number of rotatable bonds is 7. The lowest BCUT2D eigenvalue weighted by Gasteiger charge is -2.16. The summed E-state index contributed by atoms with van der Waals surface area (Å²) in [6.07, 6.45) is 3.27. The first-order chi connectivity index (χ1) is 13.0. The molecule has 8 nitrogen and oxygen atoms in total. The van der Waals surface area contributed by atoms with Gasteiger partial charge in [0.25, 0.3) is 0 Å². The molecule has 0 aliphatic carbocycles. The molecule has 2 rings (SSSR count). The number of aliphatic imine (C=N–C) groups is 1. The molecule has 1 heterocycles. The van der Waals surface area contributed by atoms with Crippen LogP contribution in [0.5, 0.6) is 0 Å². The van der Waals surface area contributed by atoms with Crippen molar-refractivity contribution >= 4 is 25.8 Å². The van der Waals surface area contributed by atoms with Gasteiger partial charge in [0, 0.05) is 32.4 Å². The van der Waals surface area contributed by atoms with Crippen LogP contribution in [0, 0.1) is 12.8 Å². The molecule has 158 valence electrons. The number of sulfonamides is 1. The van der Waals surface area contributed by atoms with E-state index in [1.54, 1.807) is 19.1 Å². The monoisotopic (exact) mass is 430 g/mol. The van der Waals surface area contributed by atoms with Crippen LogP contribution in [0.25, 0.3) is 0 Å². The van der Waals surface area contributed by atoms with Crippen LogP contribution in [0.1, 0.15) is 24.5 Å². The highest BCUT2D eigenvalue weighted by atomic mass is 32.2. The summed E-state index contributed by atoms with van der Waals surface area (Å²) in [5.74, 6) is 0.903. The predicted molar refractivity (Wildman–Crippen MR) is 112 cm³/mol. The molecular formula is C18H30N4O4S2. The summed E-state index contributed by atoms with van der Waals surface area (Å²) >= 11 is 0. The number of hydrogen-bond donors (Lipinski definition) is 2. The number of benzene rings is 1. The molecule has 28 heavy (non-hydrogen) atoms. The first-order valence-corrected chi connectivity index (χ1v) is 13.0. The summed E-state index contributed by atoms with van der Waals surface area (Å²) in [6, 6.07) is 5.23. The van der Waals surface area contributed by atoms with Gasteiger partial charge < -0.3 is 10.6 Å². The van der Waals surface area contributed by atoms with Crippen LogP contribution in [0.4, 0.5) is 0 Å². The minimum absolute atomic E-state index is 0.245. The van der Waals surface area contributed by atoms with E-state index >= 15 is 0 Å². The predicted octanol–water partition coefficient (Wildman–Crippen LogP) is 0.735. The van der Waals surface area contributed by atoms with Crippen molar-refractivity contribution in [3.8, 4) is 0 Å². The highest BCUT2D eigenvalue weighted by Crippen LogP contribution is 2.18. The van der Waals surface area contributed by atoms with Crippen molar-refractivity contribution in [3.05, 3.63) is 29.3 Å². The SMILES string of the molecule is CCNC(=NCc1ccc(S(C)(=O)=O)c(C)c1)NCC1CCN(S(C)(=O)=O)C1. The van der Waals surface area contributed by atoms with E-state index in [1.165, 1.54) is 16.8 Å². The lowest BCUT2D eigenvalue weighted by molar-refractivity contribution is 0.459. The summed E-state index contributed by atoms with van der Waals surface area (Å²) in [5.41, 5.74) is 1.63. The molecule has 1 saturated heterocycles. The van der Waals surface area contributed by atoms with E-state index in [4.69, 9.17) is 0 Å². The van der Waals surface area contributed by atoms with Crippen LogP contribution in [0.3, 0.4) is 0 Å². The lowest BCUT2D eigenvalue weighted by atomic mass is 10.1. The number of guanidine groups is 1. The molecule has 0 bridgehead atoms. The number of sulfone groups is 1. The Labute approximate surface area is 168 Å². The van der Waals surface area contributed by atoms with E-state index in [0.29, 0.717) is 49.1 Å². The van der Waals surface area contributed by atoms with Crippen LogP contribution in [-0.2, 0) is 26.4 Å². The van der Waals surface area contributed by atoms with Crippen LogP contribution in [0.15, 0.2) is 28.1 Å². The smallest absolute Gasteiger partial charge is 0.211 e. The highest BCUT2D eigenvalue weighted by molar-refractivity contribution is 7.90. The molecule has 1 aliphatic rings. The Balaban J connectivity index is 1.98. The zero-order valence-corrected chi connectivity index (χ0v) is 18.5. The molecule has 0 spiro atoms. The summed E-state index contributed by atoms with van der Waals surface area (Å²) in [6.45, 7) is 6.61. The van der Waals surface area contributed by atoms with Crippen molar-refractivity contribution in [2.75, 3.05) is 38.7 Å². The molecular weight excluding hydrogens is 400 g/mol. The molecule has 2 N–H and O–H groups in total. The molecule has 0 amide bonds. The van der Waals surface area contributed by atoms with Crippen LogP contribution in [0.2, 0.25) is 0 Å². The molecule has 1 aliphatic heterocycles. The Kier molecular flexibility index (Phi) is 7.46. The number of nitrogens with one attached hydrogen (secondary N) is 2. The van der Waals surface area contributed by atoms with Gasteiger partial charge in [0.15, 0.2) is 15.8 Å². The van der Waals surface area contributed by atoms with Gasteiger partial charge >= 0.3 is 0 Å². The molecule has 1 aromatic carbocycles. The Bertz CT molecular complexity index is 927. The largest absolute Gasteiger partial charge is 0.357 e. The summed E-state index contributed by atoms with van der Waals surface area (Å²) in [7, 11) is -6.36. The normalized spacial score (nSPS) is 19.0. The quantitative estimate of drug-likeness (QED) is 0.488. The van der Waals surface area contributed by atoms with E-state index in [2.05, 4.69) is 15.6 Å². The molecule has 1 unspecified atom stereocenters. The number of aryl methyl sites for hydroxylation is 1. The maximum atomic E-state index is 11.7. The molecule has 0 radical (unpaired) electrons. The Morgan fingerprint density at radius 1 is 1.21 bits per heavy atom. The molecule has 0 saturated carbocycles. The van der Waals surface area contributed by atoms with Crippen LogP contribution >= 0.6 is 0 Å². The van der Waals surface area contributed by atoms with Crippen molar-refractivity contribution in [1.29, 1.82) is 0 Å². The van der Waals surface area contributed by atoms with Crippen LogP contribution in [-0.4, -0.2) is 65.8 Å². The Hall–Kier alpha value is -1.65. The topological polar surface area (TPSA) is 108 Å². The molecule has 1 aromatic rings. The van der Waals surface area contributed by atoms with Crippen molar-refractivity contribution in [2.24, 2.45) is 10.9 Å². The van der Waals surface area contributed by atoms with Crippen molar-refractivity contribution < 1.29 is 16.8 Å². The van der Waals surface area contributed by atoms with E-state index in [0.717, 1.165) is 12.0 Å². The fourth-order valence-electron chi connectivity index (χ4n) is 3.24. The zero-order chi connectivity index (χ0) is 20.9. The standard InChI is InChI=1S/C18H30N4O4S2/c1-5-19-18(21-12-16-8-9-22(13-16)28(4,25)26)20-11-15-6-7-17(14(2)10-15)27(3,23)24/h6-7,10,16H,5,8-9,11-13H2,1-4H3,(H2,19,20,21). The highest BCUT2D eigenvalue weighted by Gasteiger charge is 2.28. The summed E-state index contributed by atoms with van der Waals surface area (Å²) in [5, 5.41) is 6.46. The van der Waals surface area contributed by atoms with E-state index in [-0.39, 0.29) is 5.92 Å². The maximum Gasteiger partial charge on any atom is 0.211 e. The van der Waals surface area contributed by atoms with E-state index < -0.39 is 19.9 Å². The molecule has 0 aromatic heterocycles. The average Bonchev–Trinajstić information content (AvgIpc) is 3.05. The van der Waals surface area contributed by atoms with Gasteiger partial charge in [0.1, 0.15) is 0 Å². The van der Waals surface area contributed by atoms with Gasteiger partial charge in [-0.3, -0.25) is 0 Å². The second-order valence-electron chi connectivity index (χ2n) is 7.22. The van der Waals surface area contributed by atoms with E-state index in [9.17, 15) is 16.8 Å². The Morgan fingerprint density at radius 2 is 1.93 bits per heavy atom. The van der Waals surface area contributed by atoms with Gasteiger partial charge in [-0.2, -0.15) is 0 Å². The van der Waals surface area contributed by atoms with Gasteiger partial charge in [-0.15, -0.1) is 0 Å². The van der Waals surface area contributed by atoms with Crippen LogP contribution < -0.4 is 10.6 Å². The third-order valence-electron chi connectivity index (χ3n) is 4.68. The lowest BCUT2D eigenvalue weighted by Crippen LogP contribution is -2.40. The summed E-state index contributed by atoms with van der Waals surface area (Å²) in [4.78, 5) is 4.89. The molecule has 1 fully saturated rings. The fourth-order valence-corrected chi connectivity index (χ4v) is 5.12. The number of nitrogens with zero attached hydrogens (tertiary/aromatic N) is 2. The minimum Gasteiger partial charge on any atom is -0.357 e.